The van der Waals surface area contributed by atoms with Crippen molar-refractivity contribution < 1.29 is 4.79 Å². The molecule has 0 saturated heterocycles. The first-order valence-corrected chi connectivity index (χ1v) is 8.28. The van der Waals surface area contributed by atoms with Crippen LogP contribution in [0.1, 0.15) is 48.0 Å². The fourth-order valence-electron chi connectivity index (χ4n) is 2.88. The molecule has 0 N–H and O–H groups in total. The lowest BCUT2D eigenvalue weighted by atomic mass is 9.93. The number of carbonyl (C=O) groups is 1. The highest BCUT2D eigenvalue weighted by Gasteiger charge is 2.25. The van der Waals surface area contributed by atoms with Crippen LogP contribution in [0.25, 0.3) is 0 Å². The fourth-order valence-corrected chi connectivity index (χ4v) is 3.26. The number of hydrogen-bond donors (Lipinski definition) is 0. The lowest BCUT2D eigenvalue weighted by molar-refractivity contribution is 0.0651. The number of aryl methyl sites for hydroxylation is 1. The molecule has 1 saturated carbocycles. The summed E-state index contributed by atoms with van der Waals surface area (Å²) in [7, 11) is 0. The summed E-state index contributed by atoms with van der Waals surface area (Å²) in [5.41, 5.74) is 1.97. The molecule has 0 heterocycles. The summed E-state index contributed by atoms with van der Waals surface area (Å²) >= 11 is 3.48. The van der Waals surface area contributed by atoms with Crippen molar-refractivity contribution in [3.05, 3.63) is 35.4 Å². The van der Waals surface area contributed by atoms with Gasteiger partial charge in [0, 0.05) is 23.5 Å². The maximum Gasteiger partial charge on any atom is 0.254 e. The predicted octanol–water partition coefficient (Wildman–Crippen LogP) is 4.16. The highest BCUT2D eigenvalue weighted by molar-refractivity contribution is 9.09. The standard InChI is InChI=1S/C16H22BrNO/c1-13-6-5-7-14(12-13)16(19)18(11-10-17)15-8-3-2-4-9-15/h5-7,12,15H,2-4,8-11H2,1H3. The number of benzene rings is 1. The summed E-state index contributed by atoms with van der Waals surface area (Å²) in [4.78, 5) is 14.8. The van der Waals surface area contributed by atoms with E-state index in [2.05, 4.69) is 20.8 Å². The molecule has 1 aliphatic carbocycles. The molecule has 1 aromatic carbocycles. The molecule has 0 atom stereocenters. The van der Waals surface area contributed by atoms with Crippen LogP contribution in [0.15, 0.2) is 24.3 Å². The van der Waals surface area contributed by atoms with Crippen LogP contribution >= 0.6 is 15.9 Å². The summed E-state index contributed by atoms with van der Waals surface area (Å²) in [5, 5.41) is 0.848. The molecule has 19 heavy (non-hydrogen) atoms. The van der Waals surface area contributed by atoms with E-state index in [1.807, 2.05) is 31.2 Å². The van der Waals surface area contributed by atoms with E-state index in [-0.39, 0.29) is 5.91 Å². The Morgan fingerprint density at radius 1 is 1.32 bits per heavy atom. The van der Waals surface area contributed by atoms with Crippen molar-refractivity contribution >= 4 is 21.8 Å². The van der Waals surface area contributed by atoms with Crippen molar-refractivity contribution in [2.75, 3.05) is 11.9 Å². The first kappa shape index (κ1) is 14.6. The molecule has 2 nitrogen and oxygen atoms in total. The minimum absolute atomic E-state index is 0.190. The van der Waals surface area contributed by atoms with Gasteiger partial charge in [-0.2, -0.15) is 0 Å². The summed E-state index contributed by atoms with van der Waals surface area (Å²) in [6.07, 6.45) is 6.14. The van der Waals surface area contributed by atoms with E-state index in [1.54, 1.807) is 0 Å². The average Bonchev–Trinajstić information content (AvgIpc) is 2.45. The van der Waals surface area contributed by atoms with Gasteiger partial charge >= 0.3 is 0 Å². The van der Waals surface area contributed by atoms with Crippen LogP contribution in [0.3, 0.4) is 0 Å². The zero-order chi connectivity index (χ0) is 13.7. The van der Waals surface area contributed by atoms with Gasteiger partial charge in [-0.3, -0.25) is 4.79 Å². The van der Waals surface area contributed by atoms with E-state index in [0.717, 1.165) is 35.8 Å². The molecule has 0 aliphatic heterocycles. The smallest absolute Gasteiger partial charge is 0.254 e. The van der Waals surface area contributed by atoms with Gasteiger partial charge in [-0.1, -0.05) is 52.9 Å². The zero-order valence-electron chi connectivity index (χ0n) is 11.6. The van der Waals surface area contributed by atoms with Crippen molar-refractivity contribution in [1.29, 1.82) is 0 Å². The summed E-state index contributed by atoms with van der Waals surface area (Å²) in [6.45, 7) is 2.84. The normalized spacial score (nSPS) is 16.3. The number of hydrogen-bond acceptors (Lipinski definition) is 1. The summed E-state index contributed by atoms with van der Waals surface area (Å²) in [5.74, 6) is 0.190. The molecular weight excluding hydrogens is 302 g/mol. The van der Waals surface area contributed by atoms with Gasteiger partial charge in [0.05, 0.1) is 0 Å². The molecule has 0 bridgehead atoms. The van der Waals surface area contributed by atoms with Crippen LogP contribution in [-0.4, -0.2) is 28.7 Å². The van der Waals surface area contributed by atoms with Gasteiger partial charge in [-0.25, -0.2) is 0 Å². The van der Waals surface area contributed by atoms with Gasteiger partial charge in [0.2, 0.25) is 0 Å². The van der Waals surface area contributed by atoms with E-state index in [9.17, 15) is 4.79 Å². The van der Waals surface area contributed by atoms with Crippen LogP contribution < -0.4 is 0 Å². The molecule has 1 aromatic rings. The molecule has 0 spiro atoms. The van der Waals surface area contributed by atoms with Gasteiger partial charge < -0.3 is 4.90 Å². The number of halogens is 1. The third kappa shape index (κ3) is 3.82. The Hall–Kier alpha value is -0.830. The van der Waals surface area contributed by atoms with E-state index in [0.29, 0.717) is 6.04 Å². The molecule has 0 aromatic heterocycles. The highest BCUT2D eigenvalue weighted by Crippen LogP contribution is 2.24. The highest BCUT2D eigenvalue weighted by atomic mass is 79.9. The minimum atomic E-state index is 0.190. The molecule has 1 amide bonds. The van der Waals surface area contributed by atoms with Crippen LogP contribution in [0.5, 0.6) is 0 Å². The van der Waals surface area contributed by atoms with Gasteiger partial charge in [0.15, 0.2) is 0 Å². The second-order valence-electron chi connectivity index (χ2n) is 5.35. The van der Waals surface area contributed by atoms with Crippen molar-refractivity contribution in [3.8, 4) is 0 Å². The SMILES string of the molecule is Cc1cccc(C(=O)N(CCBr)C2CCCCC2)c1. The van der Waals surface area contributed by atoms with Gasteiger partial charge in [-0.05, 0) is 31.9 Å². The first-order valence-electron chi connectivity index (χ1n) is 7.16. The first-order chi connectivity index (χ1) is 9.22. The topological polar surface area (TPSA) is 20.3 Å². The van der Waals surface area contributed by atoms with Crippen LogP contribution in [0.2, 0.25) is 0 Å². The van der Waals surface area contributed by atoms with Gasteiger partial charge in [0.25, 0.3) is 5.91 Å². The Balaban J connectivity index is 2.15. The third-order valence-corrected chi connectivity index (χ3v) is 4.22. The Morgan fingerprint density at radius 2 is 2.05 bits per heavy atom. The van der Waals surface area contributed by atoms with Crippen LogP contribution in [-0.2, 0) is 0 Å². The second kappa shape index (κ2) is 7.09. The predicted molar refractivity (Wildman–Crippen MR) is 82.9 cm³/mol. The Kier molecular flexibility index (Phi) is 5.44. The van der Waals surface area contributed by atoms with E-state index in [1.165, 1.54) is 19.3 Å². The minimum Gasteiger partial charge on any atom is -0.335 e. The Bertz CT molecular complexity index is 427. The fraction of sp³-hybridized carbons (Fsp3) is 0.562. The van der Waals surface area contributed by atoms with E-state index in [4.69, 9.17) is 0 Å². The maximum atomic E-state index is 12.7. The number of carbonyl (C=O) groups excluding carboxylic acids is 1. The molecular formula is C16H22BrNO. The molecule has 2 rings (SSSR count). The number of alkyl halides is 1. The van der Waals surface area contributed by atoms with Crippen molar-refractivity contribution in [3.63, 3.8) is 0 Å². The lowest BCUT2D eigenvalue weighted by Crippen LogP contribution is -2.42. The maximum absolute atomic E-state index is 12.7. The molecule has 1 aliphatic rings. The number of nitrogens with zero attached hydrogens (tertiary/aromatic N) is 1. The molecule has 1 fully saturated rings. The number of amides is 1. The van der Waals surface area contributed by atoms with E-state index < -0.39 is 0 Å². The molecule has 104 valence electrons. The average molecular weight is 324 g/mol. The summed E-state index contributed by atoms with van der Waals surface area (Å²) < 4.78 is 0. The Labute approximate surface area is 124 Å². The van der Waals surface area contributed by atoms with Crippen LogP contribution in [0, 0.1) is 6.92 Å². The second-order valence-corrected chi connectivity index (χ2v) is 6.14. The van der Waals surface area contributed by atoms with Gasteiger partial charge in [0.1, 0.15) is 0 Å². The van der Waals surface area contributed by atoms with Crippen LogP contribution in [0.4, 0.5) is 0 Å². The van der Waals surface area contributed by atoms with Crippen molar-refractivity contribution in [1.82, 2.24) is 4.90 Å². The molecule has 0 unspecified atom stereocenters. The quantitative estimate of drug-likeness (QED) is 0.762. The Morgan fingerprint density at radius 3 is 2.68 bits per heavy atom. The van der Waals surface area contributed by atoms with Gasteiger partial charge in [-0.15, -0.1) is 0 Å². The monoisotopic (exact) mass is 323 g/mol. The van der Waals surface area contributed by atoms with Crippen molar-refractivity contribution in [2.45, 2.75) is 45.1 Å². The summed E-state index contributed by atoms with van der Waals surface area (Å²) in [6, 6.07) is 8.35. The number of rotatable bonds is 4. The largest absolute Gasteiger partial charge is 0.335 e. The lowest BCUT2D eigenvalue weighted by Gasteiger charge is -2.34. The molecule has 3 heteroatoms. The third-order valence-electron chi connectivity index (χ3n) is 3.87. The van der Waals surface area contributed by atoms with E-state index >= 15 is 0 Å². The van der Waals surface area contributed by atoms with Crippen molar-refractivity contribution in [2.24, 2.45) is 0 Å². The zero-order valence-corrected chi connectivity index (χ0v) is 13.2. The molecule has 0 radical (unpaired) electrons.